The van der Waals surface area contributed by atoms with E-state index in [1.807, 2.05) is 6.92 Å². The molecule has 7 nitrogen and oxygen atoms in total. The van der Waals surface area contributed by atoms with Gasteiger partial charge < -0.3 is 19.3 Å². The van der Waals surface area contributed by atoms with Crippen molar-refractivity contribution in [1.82, 2.24) is 5.32 Å². The molecule has 0 spiro atoms. The molecule has 6 N–H and O–H groups in total. The van der Waals surface area contributed by atoms with E-state index < -0.39 is 18.2 Å². The third-order valence-electron chi connectivity index (χ3n) is 7.51. The Kier molecular flexibility index (Phi) is 6.98. The lowest BCUT2D eigenvalue weighted by Gasteiger charge is -2.43. The second-order valence-electron chi connectivity index (χ2n) is 9.30. The molecule has 1 aliphatic heterocycles. The van der Waals surface area contributed by atoms with Gasteiger partial charge in [0, 0.05) is 11.8 Å². The molecule has 168 valence electrons. The summed E-state index contributed by atoms with van der Waals surface area (Å²) in [6.45, 7) is 10.6. The van der Waals surface area contributed by atoms with Crippen LogP contribution in [-0.4, -0.2) is 48.1 Å². The molecule has 29 heavy (non-hydrogen) atoms. The van der Waals surface area contributed by atoms with Gasteiger partial charge in [-0.1, -0.05) is 33.3 Å². The molecule has 0 amide bonds. The number of ether oxygens (including phenoxy) is 3. The van der Waals surface area contributed by atoms with Crippen molar-refractivity contribution in [1.29, 1.82) is 0 Å². The van der Waals surface area contributed by atoms with Crippen molar-refractivity contribution in [2.24, 2.45) is 29.2 Å². The maximum Gasteiger partial charge on any atom is 0.161 e. The van der Waals surface area contributed by atoms with Crippen molar-refractivity contribution < 1.29 is 19.3 Å². The Morgan fingerprint density at radius 3 is 2.52 bits per heavy atom. The fourth-order valence-electron chi connectivity index (χ4n) is 5.72. The summed E-state index contributed by atoms with van der Waals surface area (Å²) in [5.74, 6) is -0.297. The molecule has 1 saturated heterocycles. The van der Waals surface area contributed by atoms with Crippen LogP contribution in [-0.2, 0) is 14.2 Å². The van der Waals surface area contributed by atoms with E-state index >= 15 is 0 Å². The molecule has 0 radical (unpaired) electrons. The lowest BCUT2D eigenvalue weighted by Crippen LogP contribution is -2.68. The van der Waals surface area contributed by atoms with Crippen LogP contribution in [0, 0.1) is 17.8 Å². The summed E-state index contributed by atoms with van der Waals surface area (Å²) in [6.07, 6.45) is 5.94. The summed E-state index contributed by atoms with van der Waals surface area (Å²) in [5.41, 5.74) is 12.1. The Morgan fingerprint density at radius 1 is 1.34 bits per heavy atom. The quantitative estimate of drug-likeness (QED) is 0.322. The number of nitrogens with two attached hydrogens (primary N) is 2. The summed E-state index contributed by atoms with van der Waals surface area (Å²) in [4.78, 5) is 0. The third kappa shape index (κ3) is 4.23. The average molecular weight is 412 g/mol. The molecular weight excluding hydrogens is 370 g/mol. The van der Waals surface area contributed by atoms with E-state index in [2.05, 4.69) is 25.7 Å². The molecule has 0 aromatic heterocycles. The van der Waals surface area contributed by atoms with Crippen LogP contribution >= 0.6 is 0 Å². The molecule has 7 heteroatoms. The largest absolute Gasteiger partial charge is 0.492 e. The second-order valence-corrected chi connectivity index (χ2v) is 9.30. The molecule has 0 aromatic rings. The smallest absolute Gasteiger partial charge is 0.161 e. The minimum Gasteiger partial charge on any atom is -0.492 e. The Hall–Kier alpha value is -0.700. The Bertz CT molecular complexity index is 578. The van der Waals surface area contributed by atoms with Gasteiger partial charge in [-0.2, -0.15) is 0 Å². The van der Waals surface area contributed by atoms with E-state index in [1.54, 1.807) is 7.05 Å². The van der Waals surface area contributed by atoms with Gasteiger partial charge in [-0.05, 0) is 52.0 Å². The first-order valence-electron chi connectivity index (χ1n) is 11.3. The molecule has 3 fully saturated rings. The first-order valence-corrected chi connectivity index (χ1v) is 11.3. The van der Waals surface area contributed by atoms with Crippen molar-refractivity contribution in [3.05, 3.63) is 12.3 Å². The number of allylic oxidation sites excluding steroid dienone is 1. The fourth-order valence-corrected chi connectivity index (χ4v) is 5.72. The van der Waals surface area contributed by atoms with Gasteiger partial charge in [-0.15, -0.1) is 0 Å². The monoisotopic (exact) mass is 411 g/mol. The highest BCUT2D eigenvalue weighted by Gasteiger charge is 2.63. The molecule has 3 rings (SSSR count). The Labute approximate surface area is 175 Å². The number of rotatable bonds is 10. The SMILES string of the molecule is C=C(OC1(CCC)CCCC1)C1C(CC)C(OC(C)C(N)(N)NC)C2OC(O)C21. The fraction of sp³-hybridized carbons (Fsp3) is 0.909. The molecule has 0 bridgehead atoms. The van der Waals surface area contributed by atoms with Gasteiger partial charge >= 0.3 is 0 Å². The maximum atomic E-state index is 10.4. The second kappa shape index (κ2) is 8.81. The van der Waals surface area contributed by atoms with Crippen LogP contribution in [0.2, 0.25) is 0 Å². The highest BCUT2D eigenvalue weighted by molar-refractivity contribution is 5.15. The summed E-state index contributed by atoms with van der Waals surface area (Å²) < 4.78 is 18.7. The predicted molar refractivity (Wildman–Crippen MR) is 112 cm³/mol. The maximum absolute atomic E-state index is 10.4. The molecule has 2 aliphatic carbocycles. The normalized spacial score (nSPS) is 37.1. The predicted octanol–water partition coefficient (Wildman–Crippen LogP) is 2.18. The zero-order chi connectivity index (χ0) is 21.4. The topological polar surface area (TPSA) is 112 Å². The molecule has 3 aliphatic rings. The number of likely N-dealkylation sites (N-methyl/N-ethyl adjacent to an activating group) is 1. The van der Waals surface area contributed by atoms with E-state index in [4.69, 9.17) is 25.7 Å². The first-order chi connectivity index (χ1) is 13.7. The highest BCUT2D eigenvalue weighted by atomic mass is 16.7. The number of nitrogens with one attached hydrogen (secondary N) is 1. The minimum absolute atomic E-state index is 0.000171. The highest BCUT2D eigenvalue weighted by Crippen LogP contribution is 2.54. The van der Waals surface area contributed by atoms with Crippen LogP contribution in [0.1, 0.15) is 65.7 Å². The van der Waals surface area contributed by atoms with Gasteiger partial charge in [0.1, 0.15) is 17.5 Å². The standard InChI is InChI=1S/C22H41N3O4/c1-6-10-21(11-8-9-12-21)29-13(3)16-15(7-2)18(19-17(16)20(26)28-19)27-14(4)22(23,24)25-5/h14-20,25-26H,3,6-12,23-24H2,1-2,4-5H3. The van der Waals surface area contributed by atoms with Gasteiger partial charge in [-0.25, -0.2) is 0 Å². The molecule has 1 heterocycles. The lowest BCUT2D eigenvalue weighted by atomic mass is 9.83. The minimum atomic E-state index is -1.14. The van der Waals surface area contributed by atoms with Crippen LogP contribution in [0.4, 0.5) is 0 Å². The van der Waals surface area contributed by atoms with Crippen LogP contribution < -0.4 is 16.8 Å². The molecule has 2 saturated carbocycles. The van der Waals surface area contributed by atoms with E-state index in [0.29, 0.717) is 0 Å². The number of hydrogen-bond donors (Lipinski definition) is 4. The zero-order valence-electron chi connectivity index (χ0n) is 18.5. The number of aliphatic hydroxyl groups excluding tert-OH is 1. The van der Waals surface area contributed by atoms with E-state index in [1.165, 1.54) is 12.8 Å². The summed E-state index contributed by atoms with van der Waals surface area (Å²) in [7, 11) is 1.71. The van der Waals surface area contributed by atoms with Gasteiger partial charge in [-0.3, -0.25) is 16.8 Å². The van der Waals surface area contributed by atoms with Crippen molar-refractivity contribution in [2.75, 3.05) is 7.05 Å². The number of fused-ring (bicyclic) bond motifs is 1. The molecule has 7 atom stereocenters. The number of aliphatic hydroxyl groups is 1. The van der Waals surface area contributed by atoms with Gasteiger partial charge in [0.2, 0.25) is 0 Å². The van der Waals surface area contributed by atoms with Crippen LogP contribution in [0.15, 0.2) is 12.3 Å². The summed E-state index contributed by atoms with van der Waals surface area (Å²) in [6, 6.07) is 0. The summed E-state index contributed by atoms with van der Waals surface area (Å²) in [5, 5.41) is 13.3. The van der Waals surface area contributed by atoms with Gasteiger partial charge in [0.05, 0.1) is 18.0 Å². The van der Waals surface area contributed by atoms with E-state index in [-0.39, 0.29) is 35.6 Å². The van der Waals surface area contributed by atoms with E-state index in [9.17, 15) is 5.11 Å². The van der Waals surface area contributed by atoms with Crippen molar-refractivity contribution >= 4 is 0 Å². The summed E-state index contributed by atoms with van der Waals surface area (Å²) >= 11 is 0. The van der Waals surface area contributed by atoms with Crippen LogP contribution in [0.5, 0.6) is 0 Å². The molecule has 7 unspecified atom stereocenters. The lowest BCUT2D eigenvalue weighted by molar-refractivity contribution is -0.300. The molecule has 0 aromatic carbocycles. The number of hydrogen-bond acceptors (Lipinski definition) is 7. The van der Waals surface area contributed by atoms with Gasteiger partial charge in [0.15, 0.2) is 6.29 Å². The van der Waals surface area contributed by atoms with E-state index in [0.717, 1.165) is 37.9 Å². The van der Waals surface area contributed by atoms with Gasteiger partial charge in [0.25, 0.3) is 0 Å². The Balaban J connectivity index is 1.78. The first kappa shape index (κ1) is 23.0. The van der Waals surface area contributed by atoms with Crippen LogP contribution in [0.3, 0.4) is 0 Å². The molecular formula is C22H41N3O4. The average Bonchev–Trinajstić information content (AvgIpc) is 3.22. The van der Waals surface area contributed by atoms with Crippen LogP contribution in [0.25, 0.3) is 0 Å². The van der Waals surface area contributed by atoms with Crippen molar-refractivity contribution in [3.63, 3.8) is 0 Å². The van der Waals surface area contributed by atoms with Crippen molar-refractivity contribution in [2.45, 2.75) is 102 Å². The third-order valence-corrected chi connectivity index (χ3v) is 7.51. The van der Waals surface area contributed by atoms with Crippen molar-refractivity contribution in [3.8, 4) is 0 Å². The Morgan fingerprint density at radius 2 is 2.00 bits per heavy atom. The zero-order valence-corrected chi connectivity index (χ0v) is 18.5.